The fourth-order valence-corrected chi connectivity index (χ4v) is 3.30. The maximum Gasteiger partial charge on any atom is 0.446 e. The van der Waals surface area contributed by atoms with Gasteiger partial charge in [0.15, 0.2) is 0 Å². The zero-order chi connectivity index (χ0) is 20.0. The van der Waals surface area contributed by atoms with Crippen molar-refractivity contribution in [3.63, 3.8) is 0 Å². The molecule has 2 aromatic rings. The molecule has 142 valence electrons. The molecule has 0 aliphatic carbocycles. The summed E-state index contributed by atoms with van der Waals surface area (Å²) < 4.78 is 76.8. The number of hydrogen-bond donors (Lipinski definition) is 0. The third kappa shape index (κ3) is 4.04. The minimum atomic E-state index is -4.98. The quantitative estimate of drug-likeness (QED) is 0.513. The summed E-state index contributed by atoms with van der Waals surface area (Å²) in [4.78, 5) is 23.5. The van der Waals surface area contributed by atoms with Crippen molar-refractivity contribution in [2.75, 3.05) is 0 Å². The number of thioether (sulfide) groups is 1. The van der Waals surface area contributed by atoms with Crippen molar-refractivity contribution in [1.29, 1.82) is 0 Å². The van der Waals surface area contributed by atoms with Crippen molar-refractivity contribution in [2.24, 2.45) is 7.05 Å². The Hall–Kier alpha value is -1.59. The summed E-state index contributed by atoms with van der Waals surface area (Å²) in [7, 11) is 0.760. The molecule has 0 spiro atoms. The normalized spacial score (nSPS) is 12.5. The highest BCUT2D eigenvalue weighted by Crippen LogP contribution is 2.45. The van der Waals surface area contributed by atoms with Gasteiger partial charge in [-0.3, -0.25) is 9.36 Å². The Morgan fingerprint density at radius 1 is 1.04 bits per heavy atom. The van der Waals surface area contributed by atoms with Crippen LogP contribution < -0.4 is 11.2 Å². The van der Waals surface area contributed by atoms with Crippen LogP contribution in [0.25, 0.3) is 5.69 Å². The highest BCUT2D eigenvalue weighted by Gasteiger charge is 2.36. The molecule has 0 N–H and O–H groups in total. The maximum atomic E-state index is 12.8. The Morgan fingerprint density at radius 2 is 1.62 bits per heavy atom. The molecule has 0 saturated carbocycles. The molecule has 0 saturated heterocycles. The van der Waals surface area contributed by atoms with Crippen molar-refractivity contribution >= 4 is 35.0 Å². The van der Waals surface area contributed by atoms with Crippen LogP contribution in [0.2, 0.25) is 10.0 Å². The molecule has 0 aliphatic heterocycles. The van der Waals surface area contributed by atoms with Gasteiger partial charge in [0.1, 0.15) is 5.69 Å². The highest BCUT2D eigenvalue weighted by molar-refractivity contribution is 8.00. The zero-order valence-corrected chi connectivity index (χ0v) is 14.7. The molecule has 0 atom stereocenters. The van der Waals surface area contributed by atoms with E-state index in [0.29, 0.717) is 0 Å². The van der Waals surface area contributed by atoms with Crippen LogP contribution in [-0.4, -0.2) is 14.6 Å². The number of aromatic nitrogens is 2. The molecule has 13 heteroatoms. The topological polar surface area (TPSA) is 44.0 Å². The third-order valence-electron chi connectivity index (χ3n) is 3.10. The standard InChI is InChI=1S/C13H6Cl2F6N2O2S/c1-22-7(12(16,17)18)4-8(24)23(11(22)25)6-3-2-5(14)10(9(6)15)26-13(19,20)21/h2-4H,1H3. The number of nitrogens with zero attached hydrogens (tertiary/aromatic N) is 2. The molecule has 1 aromatic heterocycles. The van der Waals surface area contributed by atoms with Crippen LogP contribution in [0.4, 0.5) is 26.3 Å². The van der Waals surface area contributed by atoms with E-state index in [4.69, 9.17) is 23.2 Å². The van der Waals surface area contributed by atoms with Crippen LogP contribution in [0.15, 0.2) is 32.7 Å². The predicted octanol–water partition coefficient (Wildman–Crippen LogP) is 4.47. The van der Waals surface area contributed by atoms with Crippen molar-refractivity contribution in [3.8, 4) is 5.69 Å². The lowest BCUT2D eigenvalue weighted by molar-refractivity contribution is -0.144. The van der Waals surface area contributed by atoms with Gasteiger partial charge in [-0.2, -0.15) is 26.3 Å². The van der Waals surface area contributed by atoms with Crippen molar-refractivity contribution < 1.29 is 26.3 Å². The van der Waals surface area contributed by atoms with Crippen LogP contribution in [0.1, 0.15) is 5.69 Å². The van der Waals surface area contributed by atoms with Gasteiger partial charge in [0.05, 0.1) is 20.6 Å². The molecule has 0 amide bonds. The Labute approximate surface area is 154 Å². The summed E-state index contributed by atoms with van der Waals surface area (Å²) >= 11 is 10.8. The molecule has 4 nitrogen and oxygen atoms in total. The largest absolute Gasteiger partial charge is 0.446 e. The van der Waals surface area contributed by atoms with Gasteiger partial charge >= 0.3 is 17.4 Å². The van der Waals surface area contributed by atoms with Crippen molar-refractivity contribution in [2.45, 2.75) is 16.6 Å². The van der Waals surface area contributed by atoms with Crippen LogP contribution in [0.5, 0.6) is 0 Å². The van der Waals surface area contributed by atoms with E-state index in [2.05, 4.69) is 0 Å². The number of alkyl halides is 6. The fourth-order valence-electron chi connectivity index (χ4n) is 2.02. The Kier molecular flexibility index (Phi) is 5.46. The van der Waals surface area contributed by atoms with Crippen LogP contribution in [-0.2, 0) is 13.2 Å². The minimum Gasteiger partial charge on any atom is -0.292 e. The molecule has 0 bridgehead atoms. The van der Waals surface area contributed by atoms with E-state index in [1.165, 1.54) is 0 Å². The predicted molar refractivity (Wildman–Crippen MR) is 84.2 cm³/mol. The molecule has 0 radical (unpaired) electrons. The first-order valence-electron chi connectivity index (χ1n) is 6.38. The fraction of sp³-hybridized carbons (Fsp3) is 0.231. The number of hydrogen-bond acceptors (Lipinski definition) is 3. The third-order valence-corrected chi connectivity index (χ3v) is 4.88. The average molecular weight is 439 g/mol. The second-order valence-corrected chi connectivity index (χ2v) is 6.66. The zero-order valence-electron chi connectivity index (χ0n) is 12.4. The Morgan fingerprint density at radius 3 is 2.12 bits per heavy atom. The first-order valence-corrected chi connectivity index (χ1v) is 7.95. The Bertz CT molecular complexity index is 981. The van der Waals surface area contributed by atoms with Gasteiger partial charge in [-0.05, 0) is 23.9 Å². The van der Waals surface area contributed by atoms with Gasteiger partial charge in [0.25, 0.3) is 5.56 Å². The van der Waals surface area contributed by atoms with Gasteiger partial charge in [-0.25, -0.2) is 9.36 Å². The molecule has 0 unspecified atom stereocenters. The number of rotatable bonds is 2. The molecule has 0 aliphatic rings. The summed E-state index contributed by atoms with van der Waals surface area (Å²) in [5.74, 6) is 0. The number of benzene rings is 1. The summed E-state index contributed by atoms with van der Waals surface area (Å²) in [6.45, 7) is 0. The molecular formula is C13H6Cl2F6N2O2S. The Balaban J connectivity index is 2.79. The van der Waals surface area contributed by atoms with Gasteiger partial charge in [0.2, 0.25) is 0 Å². The summed E-state index contributed by atoms with van der Waals surface area (Å²) in [5, 5.41) is -1.10. The van der Waals surface area contributed by atoms with Crippen molar-refractivity contribution in [3.05, 3.63) is 54.8 Å². The summed E-state index contributed by atoms with van der Waals surface area (Å²) in [6, 6.07) is 2.05. The average Bonchev–Trinajstić information content (AvgIpc) is 2.47. The van der Waals surface area contributed by atoms with Crippen LogP contribution in [0.3, 0.4) is 0 Å². The molecule has 1 aromatic carbocycles. The van der Waals surface area contributed by atoms with E-state index in [-0.39, 0.29) is 15.2 Å². The van der Waals surface area contributed by atoms with E-state index >= 15 is 0 Å². The van der Waals surface area contributed by atoms with Crippen molar-refractivity contribution in [1.82, 2.24) is 9.13 Å². The molecule has 2 rings (SSSR count). The lowest BCUT2D eigenvalue weighted by Gasteiger charge is -2.16. The highest BCUT2D eigenvalue weighted by atomic mass is 35.5. The lowest BCUT2D eigenvalue weighted by Crippen LogP contribution is -2.40. The second kappa shape index (κ2) is 6.86. The molecular weight excluding hydrogens is 433 g/mol. The van der Waals surface area contributed by atoms with Gasteiger partial charge < -0.3 is 0 Å². The molecule has 1 heterocycles. The summed E-state index contributed by atoms with van der Waals surface area (Å²) in [5.41, 5.74) is -9.66. The first kappa shape index (κ1) is 20.7. The second-order valence-electron chi connectivity index (χ2n) is 4.80. The van der Waals surface area contributed by atoms with Gasteiger partial charge in [-0.15, -0.1) is 0 Å². The van der Waals surface area contributed by atoms with Gasteiger partial charge in [-0.1, -0.05) is 23.2 Å². The lowest BCUT2D eigenvalue weighted by atomic mass is 10.3. The monoisotopic (exact) mass is 438 g/mol. The van der Waals surface area contributed by atoms with E-state index in [1.54, 1.807) is 0 Å². The van der Waals surface area contributed by atoms with Gasteiger partial charge in [0, 0.05) is 13.1 Å². The van der Waals surface area contributed by atoms with Crippen LogP contribution >= 0.6 is 35.0 Å². The first-order chi connectivity index (χ1) is 11.7. The van der Waals surface area contributed by atoms with E-state index in [1.807, 2.05) is 0 Å². The van der Waals surface area contributed by atoms with Crippen LogP contribution in [0, 0.1) is 0 Å². The SMILES string of the molecule is Cn1c(C(F)(F)F)cc(=O)n(-c2ccc(Cl)c(SC(F)(F)F)c2Cl)c1=O. The number of halogens is 8. The van der Waals surface area contributed by atoms with E-state index in [9.17, 15) is 35.9 Å². The van der Waals surface area contributed by atoms with E-state index < -0.39 is 61.0 Å². The molecule has 26 heavy (non-hydrogen) atoms. The molecule has 0 fully saturated rings. The summed E-state index contributed by atoms with van der Waals surface area (Å²) in [6.07, 6.45) is -4.98. The smallest absolute Gasteiger partial charge is 0.292 e. The van der Waals surface area contributed by atoms with E-state index in [0.717, 1.165) is 19.2 Å². The minimum absolute atomic E-state index is 0.142. The maximum absolute atomic E-state index is 12.8.